The summed E-state index contributed by atoms with van der Waals surface area (Å²) < 4.78 is 0. The Morgan fingerprint density at radius 1 is 0.925 bits per heavy atom. The number of nitrogens with two attached hydrogens (primary N) is 2. The van der Waals surface area contributed by atoms with E-state index in [0.29, 0.717) is 25.1 Å². The van der Waals surface area contributed by atoms with Gasteiger partial charge in [-0.05, 0) is 37.4 Å². The van der Waals surface area contributed by atoms with Crippen molar-refractivity contribution in [3.8, 4) is 0 Å². The summed E-state index contributed by atoms with van der Waals surface area (Å²) in [5.74, 6) is -3.48. The molecule has 3 rings (SSSR count). The summed E-state index contributed by atoms with van der Waals surface area (Å²) in [6.07, 6.45) is 6.10. The summed E-state index contributed by atoms with van der Waals surface area (Å²) in [5.41, 5.74) is 13.7. The molecule has 0 aliphatic heterocycles. The quantitative estimate of drug-likeness (QED) is 0.0947. The number of aliphatic hydroxyl groups is 1. The molecule has 0 aliphatic rings. The average Bonchev–Trinajstić information content (AvgIpc) is 3.60. The van der Waals surface area contributed by atoms with Gasteiger partial charge in [-0.15, -0.1) is 0 Å². The Kier molecular flexibility index (Phi) is 11.2. The molecule has 4 atom stereocenters. The molecular formula is C26H36N8O6. The number of rotatable bonds is 16. The molecule has 14 nitrogen and oxygen atoms in total. The van der Waals surface area contributed by atoms with E-state index in [0.717, 1.165) is 16.5 Å². The van der Waals surface area contributed by atoms with Crippen molar-refractivity contribution in [2.24, 2.45) is 11.5 Å². The Morgan fingerprint density at radius 3 is 2.30 bits per heavy atom. The van der Waals surface area contributed by atoms with E-state index in [1.165, 1.54) is 12.5 Å². The van der Waals surface area contributed by atoms with Crippen LogP contribution in [0.2, 0.25) is 0 Å². The summed E-state index contributed by atoms with van der Waals surface area (Å²) in [4.78, 5) is 60.6. The predicted molar refractivity (Wildman–Crippen MR) is 146 cm³/mol. The number of imidazole rings is 1. The number of hydrogen-bond donors (Lipinski definition) is 9. The lowest BCUT2D eigenvalue weighted by molar-refractivity contribution is -0.142. The fourth-order valence-corrected chi connectivity index (χ4v) is 4.22. The number of aromatic nitrogens is 3. The van der Waals surface area contributed by atoms with Gasteiger partial charge in [0.15, 0.2) is 0 Å². The molecule has 11 N–H and O–H groups in total. The molecule has 0 saturated heterocycles. The van der Waals surface area contributed by atoms with Crippen LogP contribution in [-0.2, 0) is 32.0 Å². The van der Waals surface area contributed by atoms with E-state index in [9.17, 15) is 29.4 Å². The number of aromatic amines is 2. The second-order valence-corrected chi connectivity index (χ2v) is 9.44. The van der Waals surface area contributed by atoms with Crippen molar-refractivity contribution in [2.45, 2.75) is 56.3 Å². The van der Waals surface area contributed by atoms with Crippen LogP contribution in [0.15, 0.2) is 43.0 Å². The smallest absolute Gasteiger partial charge is 0.326 e. The molecule has 0 radical (unpaired) electrons. The van der Waals surface area contributed by atoms with Gasteiger partial charge in [0.1, 0.15) is 18.1 Å². The van der Waals surface area contributed by atoms with Crippen molar-refractivity contribution in [3.63, 3.8) is 0 Å². The lowest BCUT2D eigenvalue weighted by atomic mass is 10.0. The van der Waals surface area contributed by atoms with Gasteiger partial charge in [0.05, 0.1) is 19.0 Å². The number of unbranched alkanes of at least 4 members (excludes halogenated alkanes) is 1. The van der Waals surface area contributed by atoms with Crippen molar-refractivity contribution in [2.75, 3.05) is 13.2 Å². The minimum atomic E-state index is -1.45. The van der Waals surface area contributed by atoms with Crippen molar-refractivity contribution in [1.29, 1.82) is 0 Å². The molecule has 3 amide bonds. The number of nitrogens with zero attached hydrogens (tertiary/aromatic N) is 1. The molecule has 0 fully saturated rings. The van der Waals surface area contributed by atoms with E-state index >= 15 is 0 Å². The van der Waals surface area contributed by atoms with Crippen LogP contribution in [0, 0.1) is 0 Å². The van der Waals surface area contributed by atoms with Gasteiger partial charge in [-0.3, -0.25) is 14.4 Å². The summed E-state index contributed by atoms with van der Waals surface area (Å²) in [7, 11) is 0. The molecule has 0 aliphatic carbocycles. The molecule has 216 valence electrons. The van der Waals surface area contributed by atoms with Gasteiger partial charge >= 0.3 is 5.97 Å². The first-order chi connectivity index (χ1) is 19.2. The Labute approximate surface area is 230 Å². The fourth-order valence-electron chi connectivity index (χ4n) is 4.22. The van der Waals surface area contributed by atoms with Crippen LogP contribution < -0.4 is 27.4 Å². The van der Waals surface area contributed by atoms with Crippen molar-refractivity contribution in [1.82, 2.24) is 30.9 Å². The first kappa shape index (κ1) is 30.3. The minimum Gasteiger partial charge on any atom is -0.480 e. The Balaban J connectivity index is 1.74. The number of nitrogens with one attached hydrogen (secondary N) is 5. The number of benzene rings is 1. The molecule has 0 saturated carbocycles. The Bertz CT molecular complexity index is 1280. The van der Waals surface area contributed by atoms with Crippen LogP contribution in [0.4, 0.5) is 0 Å². The predicted octanol–water partition coefficient (Wildman–Crippen LogP) is -1.34. The second kappa shape index (κ2) is 14.8. The molecule has 0 spiro atoms. The number of para-hydroxylation sites is 1. The van der Waals surface area contributed by atoms with Crippen LogP contribution in [0.3, 0.4) is 0 Å². The molecule has 4 unspecified atom stereocenters. The maximum atomic E-state index is 13.4. The Morgan fingerprint density at radius 2 is 1.62 bits per heavy atom. The molecule has 2 aromatic heterocycles. The summed E-state index contributed by atoms with van der Waals surface area (Å²) in [6, 6.07) is 2.59. The fraction of sp³-hybridized carbons (Fsp3) is 0.423. The van der Waals surface area contributed by atoms with Gasteiger partial charge in [-0.25, -0.2) is 9.78 Å². The van der Waals surface area contributed by atoms with Crippen LogP contribution in [0.25, 0.3) is 10.9 Å². The zero-order valence-corrected chi connectivity index (χ0v) is 21.9. The number of hydrogen-bond acceptors (Lipinski definition) is 8. The van der Waals surface area contributed by atoms with Crippen molar-refractivity contribution < 1.29 is 29.4 Å². The lowest BCUT2D eigenvalue weighted by Gasteiger charge is -2.24. The van der Waals surface area contributed by atoms with E-state index in [2.05, 4.69) is 30.9 Å². The third kappa shape index (κ3) is 8.36. The van der Waals surface area contributed by atoms with Gasteiger partial charge in [-0.1, -0.05) is 18.2 Å². The number of carbonyl (C=O) groups excluding carboxylic acids is 3. The van der Waals surface area contributed by atoms with Gasteiger partial charge in [0.2, 0.25) is 17.7 Å². The molecule has 14 heteroatoms. The van der Waals surface area contributed by atoms with E-state index in [-0.39, 0.29) is 19.3 Å². The van der Waals surface area contributed by atoms with Gasteiger partial charge in [0.25, 0.3) is 0 Å². The molecule has 1 aromatic carbocycles. The van der Waals surface area contributed by atoms with Crippen LogP contribution in [-0.4, -0.2) is 86.2 Å². The third-order valence-corrected chi connectivity index (χ3v) is 6.44. The number of aliphatic carboxylic acids is 1. The van der Waals surface area contributed by atoms with Gasteiger partial charge in [0, 0.05) is 41.8 Å². The largest absolute Gasteiger partial charge is 0.480 e. The SMILES string of the molecule is NCCCCC(NC(=O)C(CO)NC(=O)C(Cc1c[nH]c2ccccc12)NC(=O)C(N)Cc1cnc[nH]1)C(=O)O. The van der Waals surface area contributed by atoms with E-state index in [1.54, 1.807) is 6.20 Å². The third-order valence-electron chi connectivity index (χ3n) is 6.44. The highest BCUT2D eigenvalue weighted by atomic mass is 16.4. The first-order valence-corrected chi connectivity index (χ1v) is 13.0. The average molecular weight is 557 g/mol. The maximum Gasteiger partial charge on any atom is 0.326 e. The highest BCUT2D eigenvalue weighted by Crippen LogP contribution is 2.19. The molecule has 0 bridgehead atoms. The van der Waals surface area contributed by atoms with Gasteiger partial charge < -0.3 is 47.6 Å². The van der Waals surface area contributed by atoms with E-state index < -0.39 is 54.5 Å². The number of amides is 3. The number of carbonyl (C=O) groups is 4. The standard InChI is InChI=1S/C26H36N8O6/c27-8-4-3-7-20(26(39)40)32-25(38)22(13-35)34-24(37)21(9-15-11-30-19-6-2-1-5-17(15)19)33-23(36)18(28)10-16-12-29-14-31-16/h1-2,5-6,11-12,14,18,20-22,30,35H,3-4,7-10,13,27-28H2,(H,29,31)(H,32,38)(H,33,36)(H,34,37)(H,39,40). The number of H-pyrrole nitrogens is 2. The zero-order valence-electron chi connectivity index (χ0n) is 21.9. The Hall–Kier alpha value is -4.27. The summed E-state index contributed by atoms with van der Waals surface area (Å²) in [6.45, 7) is -0.412. The van der Waals surface area contributed by atoms with Crippen molar-refractivity contribution >= 4 is 34.6 Å². The summed E-state index contributed by atoms with van der Waals surface area (Å²) in [5, 5.41) is 27.6. The molecule has 3 aromatic rings. The van der Waals surface area contributed by atoms with E-state index in [4.69, 9.17) is 11.5 Å². The monoisotopic (exact) mass is 556 g/mol. The first-order valence-electron chi connectivity index (χ1n) is 13.0. The number of carboxylic acid groups (broad SMARTS) is 1. The number of aliphatic hydroxyl groups excluding tert-OH is 1. The van der Waals surface area contributed by atoms with Crippen LogP contribution >= 0.6 is 0 Å². The number of carboxylic acids is 1. The van der Waals surface area contributed by atoms with Gasteiger partial charge in [-0.2, -0.15) is 0 Å². The zero-order chi connectivity index (χ0) is 29.1. The lowest BCUT2D eigenvalue weighted by Crippen LogP contribution is -2.58. The molecular weight excluding hydrogens is 520 g/mol. The normalized spacial score (nSPS) is 14.2. The van der Waals surface area contributed by atoms with Crippen LogP contribution in [0.1, 0.15) is 30.5 Å². The van der Waals surface area contributed by atoms with Crippen LogP contribution in [0.5, 0.6) is 0 Å². The molecule has 40 heavy (non-hydrogen) atoms. The van der Waals surface area contributed by atoms with Crippen molar-refractivity contribution in [3.05, 3.63) is 54.2 Å². The minimum absolute atomic E-state index is 0.0506. The topological polar surface area (TPSA) is 241 Å². The molecule has 2 heterocycles. The highest BCUT2D eigenvalue weighted by Gasteiger charge is 2.30. The summed E-state index contributed by atoms with van der Waals surface area (Å²) >= 11 is 0. The highest BCUT2D eigenvalue weighted by molar-refractivity contribution is 5.95. The number of fused-ring (bicyclic) bond motifs is 1. The second-order valence-electron chi connectivity index (χ2n) is 9.44. The van der Waals surface area contributed by atoms with E-state index in [1.807, 2.05) is 24.3 Å². The maximum absolute atomic E-state index is 13.4.